The number of H-pyrrole nitrogens is 1. The Morgan fingerprint density at radius 3 is 2.74 bits per heavy atom. The highest BCUT2D eigenvalue weighted by Gasteiger charge is 2.09. The Labute approximate surface area is 112 Å². The van der Waals surface area contributed by atoms with E-state index < -0.39 is 0 Å². The zero-order valence-electron chi connectivity index (χ0n) is 11.3. The second-order valence-electron chi connectivity index (χ2n) is 4.20. The second-order valence-corrected chi connectivity index (χ2v) is 4.20. The fourth-order valence-corrected chi connectivity index (χ4v) is 1.77. The van der Waals surface area contributed by atoms with Gasteiger partial charge in [-0.3, -0.25) is 5.10 Å². The molecule has 102 valence electrons. The Balaban J connectivity index is 2.27. The molecule has 1 aromatic heterocycles. The van der Waals surface area contributed by atoms with Gasteiger partial charge in [0.1, 0.15) is 0 Å². The van der Waals surface area contributed by atoms with E-state index in [0.717, 1.165) is 29.1 Å². The lowest BCUT2D eigenvalue weighted by molar-refractivity contribution is 0.294. The highest BCUT2D eigenvalue weighted by Crippen LogP contribution is 2.32. The van der Waals surface area contributed by atoms with Crippen LogP contribution in [0.3, 0.4) is 0 Å². The maximum atomic E-state index is 5.62. The smallest absolute Gasteiger partial charge is 0.161 e. The third-order valence-electron chi connectivity index (χ3n) is 2.77. The van der Waals surface area contributed by atoms with E-state index in [0.29, 0.717) is 18.9 Å². The van der Waals surface area contributed by atoms with Crippen molar-refractivity contribution in [3.8, 4) is 22.8 Å². The normalized spacial score (nSPS) is 10.5. The number of aromatic nitrogens is 2. The molecule has 0 bridgehead atoms. The number of benzene rings is 1. The van der Waals surface area contributed by atoms with E-state index in [-0.39, 0.29) is 0 Å². The number of hydrogen-bond donors (Lipinski definition) is 2. The maximum Gasteiger partial charge on any atom is 0.161 e. The first-order valence-corrected chi connectivity index (χ1v) is 6.34. The van der Waals surface area contributed by atoms with E-state index in [1.54, 1.807) is 7.11 Å². The molecule has 0 spiro atoms. The first-order chi connectivity index (χ1) is 9.28. The van der Waals surface area contributed by atoms with Crippen LogP contribution >= 0.6 is 0 Å². The van der Waals surface area contributed by atoms with Crippen molar-refractivity contribution in [3.05, 3.63) is 30.0 Å². The molecule has 3 N–H and O–H groups in total. The van der Waals surface area contributed by atoms with Crippen molar-refractivity contribution < 1.29 is 9.47 Å². The van der Waals surface area contributed by atoms with E-state index in [2.05, 4.69) is 17.1 Å². The van der Waals surface area contributed by atoms with Crippen molar-refractivity contribution >= 4 is 0 Å². The molecule has 5 nitrogen and oxygen atoms in total. The van der Waals surface area contributed by atoms with E-state index >= 15 is 0 Å². The molecular formula is C14H19N3O2. The van der Waals surface area contributed by atoms with Crippen LogP contribution < -0.4 is 15.2 Å². The lowest BCUT2D eigenvalue weighted by Gasteiger charge is -2.10. The number of hydrogen-bond acceptors (Lipinski definition) is 4. The lowest BCUT2D eigenvalue weighted by atomic mass is 10.1. The van der Waals surface area contributed by atoms with E-state index in [9.17, 15) is 0 Å². The molecular weight excluding hydrogens is 242 g/mol. The van der Waals surface area contributed by atoms with Crippen LogP contribution in [-0.4, -0.2) is 23.9 Å². The maximum absolute atomic E-state index is 5.62. The topological polar surface area (TPSA) is 73.2 Å². The summed E-state index contributed by atoms with van der Waals surface area (Å²) in [6.07, 6.45) is 0.962. The van der Waals surface area contributed by atoms with E-state index in [1.807, 2.05) is 24.3 Å². The van der Waals surface area contributed by atoms with Gasteiger partial charge < -0.3 is 15.2 Å². The summed E-state index contributed by atoms with van der Waals surface area (Å²) in [4.78, 5) is 0. The SMILES string of the molecule is CCCOc1ccc(-c2cc(CN)[nH]n2)cc1OC. The summed E-state index contributed by atoms with van der Waals surface area (Å²) in [6, 6.07) is 7.72. The summed E-state index contributed by atoms with van der Waals surface area (Å²) in [6.45, 7) is 3.19. The number of ether oxygens (including phenoxy) is 2. The van der Waals surface area contributed by atoms with Gasteiger partial charge in [0.2, 0.25) is 0 Å². The summed E-state index contributed by atoms with van der Waals surface area (Å²) in [5, 5.41) is 7.12. The molecule has 0 fully saturated rings. The van der Waals surface area contributed by atoms with Gasteiger partial charge in [-0.15, -0.1) is 0 Å². The predicted molar refractivity (Wildman–Crippen MR) is 74.3 cm³/mol. The average Bonchev–Trinajstić information content (AvgIpc) is 2.93. The highest BCUT2D eigenvalue weighted by molar-refractivity contribution is 5.64. The van der Waals surface area contributed by atoms with Gasteiger partial charge in [-0.25, -0.2) is 0 Å². The average molecular weight is 261 g/mol. The summed E-state index contributed by atoms with van der Waals surface area (Å²) in [7, 11) is 1.63. The molecule has 0 aliphatic heterocycles. The fourth-order valence-electron chi connectivity index (χ4n) is 1.77. The number of nitrogens with one attached hydrogen (secondary N) is 1. The van der Waals surface area contributed by atoms with Crippen LogP contribution in [-0.2, 0) is 6.54 Å². The summed E-state index contributed by atoms with van der Waals surface area (Å²) < 4.78 is 11.0. The van der Waals surface area contributed by atoms with Crippen molar-refractivity contribution in [1.82, 2.24) is 10.2 Å². The molecule has 0 amide bonds. The molecule has 0 unspecified atom stereocenters. The van der Waals surface area contributed by atoms with Gasteiger partial charge in [0.15, 0.2) is 11.5 Å². The number of methoxy groups -OCH3 is 1. The van der Waals surface area contributed by atoms with Gasteiger partial charge in [0.05, 0.1) is 19.4 Å². The quantitative estimate of drug-likeness (QED) is 0.837. The molecule has 19 heavy (non-hydrogen) atoms. The molecule has 0 radical (unpaired) electrons. The number of nitrogens with zero attached hydrogens (tertiary/aromatic N) is 1. The summed E-state index contributed by atoms with van der Waals surface area (Å²) >= 11 is 0. The highest BCUT2D eigenvalue weighted by atomic mass is 16.5. The minimum absolute atomic E-state index is 0.446. The van der Waals surface area contributed by atoms with Crippen molar-refractivity contribution in [2.45, 2.75) is 19.9 Å². The molecule has 2 rings (SSSR count). The standard InChI is InChI=1S/C14H19N3O2/c1-3-6-19-13-5-4-10(7-14(13)18-2)12-8-11(9-15)16-17-12/h4-5,7-8H,3,6,9,15H2,1-2H3,(H,16,17). The van der Waals surface area contributed by atoms with Crippen LogP contribution in [0.2, 0.25) is 0 Å². The van der Waals surface area contributed by atoms with Crippen LogP contribution in [0.5, 0.6) is 11.5 Å². The minimum Gasteiger partial charge on any atom is -0.493 e. The molecule has 2 aromatic rings. The number of aromatic amines is 1. The number of rotatable bonds is 6. The number of nitrogens with two attached hydrogens (primary N) is 1. The first kappa shape index (κ1) is 13.4. The molecule has 0 atom stereocenters. The molecule has 5 heteroatoms. The Kier molecular flexibility index (Phi) is 4.41. The molecule has 0 aliphatic carbocycles. The lowest BCUT2D eigenvalue weighted by Crippen LogP contribution is -1.97. The largest absolute Gasteiger partial charge is 0.493 e. The molecule has 0 saturated carbocycles. The van der Waals surface area contributed by atoms with Crippen LogP contribution in [0.1, 0.15) is 19.0 Å². The Morgan fingerprint density at radius 2 is 2.11 bits per heavy atom. The second kappa shape index (κ2) is 6.24. The van der Waals surface area contributed by atoms with E-state index in [4.69, 9.17) is 15.2 Å². The van der Waals surface area contributed by atoms with Crippen LogP contribution in [0.15, 0.2) is 24.3 Å². The van der Waals surface area contributed by atoms with Crippen molar-refractivity contribution in [3.63, 3.8) is 0 Å². The molecule has 0 aliphatic rings. The van der Waals surface area contributed by atoms with Crippen LogP contribution in [0.25, 0.3) is 11.3 Å². The van der Waals surface area contributed by atoms with Gasteiger partial charge in [0.25, 0.3) is 0 Å². The predicted octanol–water partition coefficient (Wildman–Crippen LogP) is 2.33. The summed E-state index contributed by atoms with van der Waals surface area (Å²) in [5.74, 6) is 1.46. The Hall–Kier alpha value is -2.01. The van der Waals surface area contributed by atoms with Gasteiger partial charge in [-0.2, -0.15) is 5.10 Å². The van der Waals surface area contributed by atoms with Crippen molar-refractivity contribution in [2.75, 3.05) is 13.7 Å². The minimum atomic E-state index is 0.446. The Bertz CT molecular complexity index is 537. The van der Waals surface area contributed by atoms with Gasteiger partial charge in [-0.1, -0.05) is 6.92 Å². The van der Waals surface area contributed by atoms with Crippen molar-refractivity contribution in [1.29, 1.82) is 0 Å². The molecule has 1 aromatic carbocycles. The van der Waals surface area contributed by atoms with Gasteiger partial charge in [-0.05, 0) is 30.7 Å². The Morgan fingerprint density at radius 1 is 1.26 bits per heavy atom. The van der Waals surface area contributed by atoms with Crippen LogP contribution in [0, 0.1) is 0 Å². The van der Waals surface area contributed by atoms with Crippen molar-refractivity contribution in [2.24, 2.45) is 5.73 Å². The monoisotopic (exact) mass is 261 g/mol. The molecule has 1 heterocycles. The zero-order valence-corrected chi connectivity index (χ0v) is 11.3. The third-order valence-corrected chi connectivity index (χ3v) is 2.77. The zero-order chi connectivity index (χ0) is 13.7. The van der Waals surface area contributed by atoms with Gasteiger partial charge >= 0.3 is 0 Å². The van der Waals surface area contributed by atoms with E-state index in [1.165, 1.54) is 0 Å². The first-order valence-electron chi connectivity index (χ1n) is 6.34. The fraction of sp³-hybridized carbons (Fsp3) is 0.357. The molecule has 0 saturated heterocycles. The summed E-state index contributed by atoms with van der Waals surface area (Å²) in [5.41, 5.74) is 8.28. The van der Waals surface area contributed by atoms with Gasteiger partial charge in [0, 0.05) is 17.8 Å². The third kappa shape index (κ3) is 3.06. The van der Waals surface area contributed by atoms with Crippen LogP contribution in [0.4, 0.5) is 0 Å².